The van der Waals surface area contributed by atoms with Gasteiger partial charge in [-0.3, -0.25) is 0 Å². The summed E-state index contributed by atoms with van der Waals surface area (Å²) in [7, 11) is 0. The molecule has 0 unspecified atom stereocenters. The third-order valence-electron chi connectivity index (χ3n) is 8.02. The maximum Gasteiger partial charge on any atom is 0.215 e. The second-order valence-electron chi connectivity index (χ2n) is 10.8. The molecule has 43 heavy (non-hydrogen) atoms. The fourth-order valence-corrected chi connectivity index (χ4v) is 5.98. The van der Waals surface area contributed by atoms with Gasteiger partial charge in [-0.1, -0.05) is 28.1 Å². The number of piperazine rings is 1. The molecule has 0 radical (unpaired) electrons. The molecule has 9 nitrogen and oxygen atoms in total. The second-order valence-corrected chi connectivity index (χ2v) is 11.7. The van der Waals surface area contributed by atoms with Crippen LogP contribution in [-0.4, -0.2) is 64.8 Å². The second kappa shape index (κ2) is 12.2. The van der Waals surface area contributed by atoms with E-state index in [4.69, 9.17) is 14.2 Å². The van der Waals surface area contributed by atoms with Gasteiger partial charge in [-0.15, -0.1) is 0 Å². The highest BCUT2D eigenvalue weighted by Gasteiger charge is 2.44. The number of hydrogen-bond acceptors (Lipinski definition) is 7. The third kappa shape index (κ3) is 6.17. The van der Waals surface area contributed by atoms with E-state index in [9.17, 15) is 0 Å². The summed E-state index contributed by atoms with van der Waals surface area (Å²) in [5, 5.41) is 4.26. The van der Waals surface area contributed by atoms with E-state index in [1.54, 1.807) is 11.0 Å². The number of nitrogens with zero attached hydrogens (tertiary/aromatic N) is 6. The Hall–Kier alpha value is -4.12. The first-order valence-electron chi connectivity index (χ1n) is 14.5. The Kier molecular flexibility index (Phi) is 7.88. The van der Waals surface area contributed by atoms with Crippen LogP contribution in [0.2, 0.25) is 0 Å². The van der Waals surface area contributed by atoms with Crippen LogP contribution in [0.3, 0.4) is 0 Å². The summed E-state index contributed by atoms with van der Waals surface area (Å²) in [6, 6.07) is 29.2. The number of halogens is 1. The summed E-state index contributed by atoms with van der Waals surface area (Å²) in [6.45, 7) is 5.10. The predicted molar refractivity (Wildman–Crippen MR) is 169 cm³/mol. The zero-order valence-corrected chi connectivity index (χ0v) is 25.3. The fraction of sp³-hybridized carbons (Fsp3) is 0.273. The molecule has 220 valence electrons. The van der Waals surface area contributed by atoms with Crippen molar-refractivity contribution in [3.05, 3.63) is 120 Å². The summed E-state index contributed by atoms with van der Waals surface area (Å²) in [4.78, 5) is 8.95. The van der Waals surface area contributed by atoms with Gasteiger partial charge in [0.2, 0.25) is 5.79 Å². The van der Waals surface area contributed by atoms with Gasteiger partial charge in [-0.2, -0.15) is 5.10 Å². The van der Waals surface area contributed by atoms with Crippen molar-refractivity contribution in [3.63, 3.8) is 0 Å². The van der Waals surface area contributed by atoms with Crippen molar-refractivity contribution >= 4 is 27.3 Å². The number of aromatic nitrogens is 4. The van der Waals surface area contributed by atoms with Crippen LogP contribution >= 0.6 is 15.9 Å². The monoisotopic (exact) mass is 640 g/mol. The average Bonchev–Trinajstić information content (AvgIpc) is 3.85. The zero-order valence-electron chi connectivity index (χ0n) is 23.7. The molecule has 5 aromatic rings. The van der Waals surface area contributed by atoms with Crippen molar-refractivity contribution in [2.24, 2.45) is 0 Å². The van der Waals surface area contributed by atoms with Gasteiger partial charge >= 0.3 is 0 Å². The Morgan fingerprint density at radius 2 is 1.44 bits per heavy atom. The maximum absolute atomic E-state index is 6.50. The minimum absolute atomic E-state index is 0.225. The quantitative estimate of drug-likeness (QED) is 0.211. The summed E-state index contributed by atoms with van der Waals surface area (Å²) in [5.41, 5.74) is 4.57. The number of rotatable bonds is 9. The first-order chi connectivity index (χ1) is 21.1. The Morgan fingerprint density at radius 3 is 2.07 bits per heavy atom. The smallest absolute Gasteiger partial charge is 0.215 e. The average molecular weight is 642 g/mol. The number of anilines is 2. The van der Waals surface area contributed by atoms with Gasteiger partial charge < -0.3 is 28.6 Å². The molecule has 2 atom stereocenters. The Balaban J connectivity index is 0.925. The van der Waals surface area contributed by atoms with Gasteiger partial charge in [-0.05, 0) is 72.8 Å². The van der Waals surface area contributed by atoms with Crippen LogP contribution in [-0.2, 0) is 21.8 Å². The Morgan fingerprint density at radius 1 is 0.814 bits per heavy atom. The molecule has 3 aromatic carbocycles. The summed E-state index contributed by atoms with van der Waals surface area (Å²) < 4.78 is 23.8. The van der Waals surface area contributed by atoms with Crippen LogP contribution in [0.4, 0.5) is 11.4 Å². The number of benzene rings is 3. The van der Waals surface area contributed by atoms with Gasteiger partial charge in [0.15, 0.2) is 0 Å². The molecule has 0 aliphatic carbocycles. The lowest BCUT2D eigenvalue weighted by atomic mass is 10.1. The van der Waals surface area contributed by atoms with E-state index in [-0.39, 0.29) is 6.10 Å². The van der Waals surface area contributed by atoms with Crippen LogP contribution in [0.5, 0.6) is 5.75 Å². The third-order valence-corrected chi connectivity index (χ3v) is 8.54. The molecular formula is C33H33BrN6O3. The molecule has 0 N–H and O–H groups in total. The lowest BCUT2D eigenvalue weighted by Crippen LogP contribution is -2.46. The highest BCUT2D eigenvalue weighted by atomic mass is 79.9. The molecule has 0 bridgehead atoms. The standard InChI is InChI=1S/C33H33BrN6O3/c34-27-5-3-26(4-6-27)33(23-40-25-35-24-36-40)42-22-32(43-33)21-41-31-13-11-30(12-14-31)39-19-17-38(18-20-39)29-9-7-28(8-10-29)37-15-1-2-16-37/h1-16,24-25,32H,17-23H2/t32-,33+/m0/s1. The van der Waals surface area contributed by atoms with E-state index in [0.717, 1.165) is 42.0 Å². The lowest BCUT2D eigenvalue weighted by Gasteiger charge is -2.37. The van der Waals surface area contributed by atoms with Gasteiger partial charge in [0.1, 0.15) is 37.7 Å². The van der Waals surface area contributed by atoms with Crippen LogP contribution in [0.25, 0.3) is 5.69 Å². The summed E-state index contributed by atoms with van der Waals surface area (Å²) in [5.74, 6) is -0.148. The van der Waals surface area contributed by atoms with Crippen LogP contribution in [0, 0.1) is 0 Å². The molecule has 4 heterocycles. The van der Waals surface area contributed by atoms with Gasteiger partial charge in [0, 0.05) is 65.7 Å². The molecule has 2 fully saturated rings. The molecule has 2 aromatic heterocycles. The fourth-order valence-electron chi connectivity index (χ4n) is 5.71. The predicted octanol–water partition coefficient (Wildman–Crippen LogP) is 5.51. The number of hydrogen-bond donors (Lipinski definition) is 0. The highest BCUT2D eigenvalue weighted by molar-refractivity contribution is 9.10. The molecule has 2 saturated heterocycles. The molecule has 0 saturated carbocycles. The van der Waals surface area contributed by atoms with E-state index >= 15 is 0 Å². The highest BCUT2D eigenvalue weighted by Crippen LogP contribution is 2.37. The molecule has 2 aliphatic heterocycles. The summed E-state index contributed by atoms with van der Waals surface area (Å²) >= 11 is 3.51. The SMILES string of the molecule is Brc1ccc([C@]2(Cn3cncn3)OC[C@H](COc3ccc(N4CCN(c5ccc(-n6cccc6)cc5)CC4)cc3)O2)cc1. The van der Waals surface area contributed by atoms with Crippen LogP contribution < -0.4 is 14.5 Å². The van der Waals surface area contributed by atoms with E-state index in [1.165, 1.54) is 23.4 Å². The summed E-state index contributed by atoms with van der Waals surface area (Å²) in [6.07, 6.45) is 7.09. The van der Waals surface area contributed by atoms with Crippen molar-refractivity contribution in [2.75, 3.05) is 49.2 Å². The lowest BCUT2D eigenvalue weighted by molar-refractivity contribution is -0.190. The molecular weight excluding hydrogens is 608 g/mol. The molecule has 0 amide bonds. The first kappa shape index (κ1) is 27.7. The van der Waals surface area contributed by atoms with E-state index in [2.05, 4.69) is 89.2 Å². The van der Waals surface area contributed by atoms with Gasteiger partial charge in [0.25, 0.3) is 0 Å². The Labute approximate surface area is 259 Å². The maximum atomic E-state index is 6.50. The van der Waals surface area contributed by atoms with E-state index in [1.807, 2.05) is 48.5 Å². The molecule has 10 heteroatoms. The first-order valence-corrected chi connectivity index (χ1v) is 15.3. The normalized spacial score (nSPS) is 20.4. The van der Waals surface area contributed by atoms with E-state index < -0.39 is 5.79 Å². The van der Waals surface area contributed by atoms with Crippen LogP contribution in [0.1, 0.15) is 5.56 Å². The van der Waals surface area contributed by atoms with Gasteiger partial charge in [-0.25, -0.2) is 9.67 Å². The van der Waals surface area contributed by atoms with Crippen molar-refractivity contribution in [1.82, 2.24) is 19.3 Å². The van der Waals surface area contributed by atoms with E-state index in [0.29, 0.717) is 19.8 Å². The van der Waals surface area contributed by atoms with Crippen LogP contribution in [0.15, 0.2) is 114 Å². The van der Waals surface area contributed by atoms with Crippen molar-refractivity contribution < 1.29 is 14.2 Å². The minimum Gasteiger partial charge on any atom is -0.491 e. The topological polar surface area (TPSA) is 69.8 Å². The minimum atomic E-state index is -0.959. The van der Waals surface area contributed by atoms with Crippen molar-refractivity contribution in [3.8, 4) is 11.4 Å². The van der Waals surface area contributed by atoms with Crippen molar-refractivity contribution in [2.45, 2.75) is 18.4 Å². The van der Waals surface area contributed by atoms with Crippen molar-refractivity contribution in [1.29, 1.82) is 0 Å². The number of ether oxygens (including phenoxy) is 3. The van der Waals surface area contributed by atoms with Gasteiger partial charge in [0.05, 0.1) is 6.61 Å². The molecule has 0 spiro atoms. The zero-order chi connectivity index (χ0) is 29.1. The molecule has 2 aliphatic rings. The largest absolute Gasteiger partial charge is 0.491 e. The Bertz CT molecular complexity index is 1590. The molecule has 7 rings (SSSR count).